The van der Waals surface area contributed by atoms with Crippen molar-refractivity contribution in [2.45, 2.75) is 39.3 Å². The Bertz CT molecular complexity index is 322. The molecule has 2 unspecified atom stereocenters. The van der Waals surface area contributed by atoms with Gasteiger partial charge in [-0.1, -0.05) is 20.8 Å². The molecule has 0 aliphatic rings. The lowest BCUT2D eigenvalue weighted by molar-refractivity contribution is 0.0330. The van der Waals surface area contributed by atoms with Crippen molar-refractivity contribution in [1.82, 2.24) is 14.9 Å². The van der Waals surface area contributed by atoms with Crippen LogP contribution in [0, 0.1) is 5.92 Å². The molecule has 0 radical (unpaired) electrons. The van der Waals surface area contributed by atoms with E-state index < -0.39 is 0 Å². The molecule has 0 aliphatic carbocycles. The molecule has 2 atom stereocenters. The number of hydrogen-bond acceptors (Lipinski definition) is 3. The monoisotopic (exact) mass is 239 g/mol. The second kappa shape index (κ2) is 6.77. The molecular weight excluding hydrogens is 214 g/mol. The number of rotatable bonds is 7. The third-order valence-corrected chi connectivity index (χ3v) is 3.12. The van der Waals surface area contributed by atoms with Crippen LogP contribution in [0.15, 0.2) is 12.4 Å². The predicted octanol–water partition coefficient (Wildman–Crippen LogP) is 1.61. The number of nitrogens with zero attached hydrogens (tertiary/aromatic N) is 2. The van der Waals surface area contributed by atoms with Crippen LogP contribution in [0.5, 0.6) is 0 Å². The summed E-state index contributed by atoms with van der Waals surface area (Å²) in [6.45, 7) is 7.45. The van der Waals surface area contributed by atoms with Gasteiger partial charge in [0.1, 0.15) is 5.82 Å². The summed E-state index contributed by atoms with van der Waals surface area (Å²) >= 11 is 0. The highest BCUT2D eigenvalue weighted by atomic mass is 16.5. The van der Waals surface area contributed by atoms with Crippen molar-refractivity contribution in [2.75, 3.05) is 13.7 Å². The van der Waals surface area contributed by atoms with E-state index in [0.29, 0.717) is 12.0 Å². The Morgan fingerprint density at radius 1 is 1.47 bits per heavy atom. The lowest BCUT2D eigenvalue weighted by Gasteiger charge is -2.29. The first-order valence-corrected chi connectivity index (χ1v) is 6.32. The third kappa shape index (κ3) is 3.82. The first kappa shape index (κ1) is 14.2. The van der Waals surface area contributed by atoms with Crippen LogP contribution in [0.3, 0.4) is 0 Å². The molecule has 0 bridgehead atoms. The van der Waals surface area contributed by atoms with Gasteiger partial charge >= 0.3 is 0 Å². The van der Waals surface area contributed by atoms with Gasteiger partial charge in [0.15, 0.2) is 0 Å². The van der Waals surface area contributed by atoms with E-state index in [0.717, 1.165) is 18.8 Å². The van der Waals surface area contributed by atoms with Gasteiger partial charge < -0.3 is 14.6 Å². The van der Waals surface area contributed by atoms with E-state index in [1.54, 1.807) is 7.11 Å². The summed E-state index contributed by atoms with van der Waals surface area (Å²) in [7, 11) is 3.82. The van der Waals surface area contributed by atoms with E-state index in [4.69, 9.17) is 4.74 Å². The van der Waals surface area contributed by atoms with Gasteiger partial charge in [-0.3, -0.25) is 0 Å². The van der Waals surface area contributed by atoms with Crippen LogP contribution >= 0.6 is 0 Å². The zero-order valence-corrected chi connectivity index (χ0v) is 11.6. The molecule has 1 aromatic rings. The van der Waals surface area contributed by atoms with E-state index in [-0.39, 0.29) is 6.10 Å². The molecule has 0 amide bonds. The van der Waals surface area contributed by atoms with E-state index in [2.05, 4.69) is 35.6 Å². The summed E-state index contributed by atoms with van der Waals surface area (Å²) in [5.41, 5.74) is 0. The molecule has 1 heterocycles. The fourth-order valence-electron chi connectivity index (χ4n) is 2.26. The van der Waals surface area contributed by atoms with Gasteiger partial charge in [-0.25, -0.2) is 4.98 Å². The number of aromatic nitrogens is 2. The maximum absolute atomic E-state index is 5.62. The van der Waals surface area contributed by atoms with Gasteiger partial charge in [-0.15, -0.1) is 0 Å². The number of methoxy groups -OCH3 is 1. The number of hydrogen-bond donors (Lipinski definition) is 1. The molecule has 0 saturated carbocycles. The molecule has 0 spiro atoms. The quantitative estimate of drug-likeness (QED) is 0.786. The van der Waals surface area contributed by atoms with Crippen molar-refractivity contribution in [3.05, 3.63) is 18.2 Å². The third-order valence-electron chi connectivity index (χ3n) is 3.12. The van der Waals surface area contributed by atoms with Gasteiger partial charge in [0.2, 0.25) is 0 Å². The van der Waals surface area contributed by atoms with Crippen LogP contribution in [0.25, 0.3) is 0 Å². The Balaban J connectivity index is 2.75. The maximum atomic E-state index is 5.62. The number of likely N-dealkylation sites (N-methyl/N-ethyl adjacent to an activating group) is 1. The second-order valence-electron chi connectivity index (χ2n) is 4.77. The van der Waals surface area contributed by atoms with E-state index in [9.17, 15) is 0 Å². The molecule has 1 rings (SSSR count). The molecule has 0 saturated heterocycles. The summed E-state index contributed by atoms with van der Waals surface area (Å²) in [6.07, 6.45) is 4.94. The minimum Gasteiger partial charge on any atom is -0.380 e. The summed E-state index contributed by atoms with van der Waals surface area (Å²) < 4.78 is 7.68. The normalized spacial score (nSPS) is 15.2. The van der Waals surface area contributed by atoms with Crippen molar-refractivity contribution in [3.8, 4) is 0 Å². The molecule has 1 aromatic heterocycles. The molecule has 0 aromatic carbocycles. The lowest BCUT2D eigenvalue weighted by atomic mass is 9.96. The van der Waals surface area contributed by atoms with E-state index in [1.807, 2.05) is 19.4 Å². The fourth-order valence-corrected chi connectivity index (χ4v) is 2.26. The number of imidazole rings is 1. The van der Waals surface area contributed by atoms with Gasteiger partial charge in [-0.05, 0) is 12.5 Å². The Labute approximate surface area is 104 Å². The lowest BCUT2D eigenvalue weighted by Crippen LogP contribution is -2.45. The van der Waals surface area contributed by atoms with Gasteiger partial charge in [0.05, 0.1) is 6.10 Å². The zero-order chi connectivity index (χ0) is 12.8. The molecule has 4 nitrogen and oxygen atoms in total. The Morgan fingerprint density at radius 3 is 2.59 bits per heavy atom. The van der Waals surface area contributed by atoms with Crippen LogP contribution in [0.1, 0.15) is 26.6 Å². The zero-order valence-electron chi connectivity index (χ0n) is 11.6. The van der Waals surface area contributed by atoms with Crippen LogP contribution in [0.2, 0.25) is 0 Å². The minimum atomic E-state index is 0.214. The molecule has 4 heteroatoms. The van der Waals surface area contributed by atoms with Crippen LogP contribution < -0.4 is 5.32 Å². The highest BCUT2D eigenvalue weighted by Gasteiger charge is 2.24. The summed E-state index contributed by atoms with van der Waals surface area (Å²) in [6, 6.07) is 0.311. The Hall–Kier alpha value is -0.870. The fraction of sp³-hybridized carbons (Fsp3) is 0.769. The van der Waals surface area contributed by atoms with Crippen molar-refractivity contribution >= 4 is 0 Å². The summed E-state index contributed by atoms with van der Waals surface area (Å²) in [5.74, 6) is 1.59. The Kier molecular flexibility index (Phi) is 5.65. The van der Waals surface area contributed by atoms with E-state index >= 15 is 0 Å². The van der Waals surface area contributed by atoms with Crippen molar-refractivity contribution in [3.63, 3.8) is 0 Å². The number of aryl methyl sites for hydroxylation is 1. The molecule has 17 heavy (non-hydrogen) atoms. The van der Waals surface area contributed by atoms with Crippen LogP contribution in [0.4, 0.5) is 0 Å². The van der Waals surface area contributed by atoms with Crippen LogP contribution in [-0.4, -0.2) is 35.4 Å². The minimum absolute atomic E-state index is 0.214. The van der Waals surface area contributed by atoms with Gasteiger partial charge in [0.25, 0.3) is 0 Å². The number of nitrogens with one attached hydrogen (secondary N) is 1. The summed E-state index contributed by atoms with van der Waals surface area (Å²) in [5, 5.41) is 3.50. The SMILES string of the molecule is CCNC(Cc1nccn1C)C(OC)C(C)C. The standard InChI is InChI=1S/C13H25N3O/c1-6-14-11(13(17-5)10(2)3)9-12-15-7-8-16(12)4/h7-8,10-11,13-14H,6,9H2,1-5H3. The van der Waals surface area contributed by atoms with Crippen molar-refractivity contribution in [2.24, 2.45) is 13.0 Å². The molecule has 0 fully saturated rings. The Morgan fingerprint density at radius 2 is 2.18 bits per heavy atom. The first-order chi connectivity index (χ1) is 8.10. The number of ether oxygens (including phenoxy) is 1. The largest absolute Gasteiger partial charge is 0.380 e. The maximum Gasteiger partial charge on any atom is 0.110 e. The first-order valence-electron chi connectivity index (χ1n) is 6.32. The molecule has 0 aliphatic heterocycles. The van der Waals surface area contributed by atoms with Gasteiger partial charge in [0, 0.05) is 39.0 Å². The van der Waals surface area contributed by atoms with Crippen molar-refractivity contribution < 1.29 is 4.74 Å². The van der Waals surface area contributed by atoms with E-state index in [1.165, 1.54) is 0 Å². The average molecular weight is 239 g/mol. The smallest absolute Gasteiger partial charge is 0.110 e. The second-order valence-corrected chi connectivity index (χ2v) is 4.77. The molecule has 1 N–H and O–H groups in total. The molecular formula is C13H25N3O. The topological polar surface area (TPSA) is 39.1 Å². The van der Waals surface area contributed by atoms with Crippen LogP contribution in [-0.2, 0) is 18.2 Å². The summed E-state index contributed by atoms with van der Waals surface area (Å²) in [4.78, 5) is 4.38. The average Bonchev–Trinajstić information content (AvgIpc) is 2.65. The predicted molar refractivity (Wildman–Crippen MR) is 70.0 cm³/mol. The molecule has 98 valence electrons. The van der Waals surface area contributed by atoms with Gasteiger partial charge in [-0.2, -0.15) is 0 Å². The highest BCUT2D eigenvalue weighted by Crippen LogP contribution is 2.14. The van der Waals surface area contributed by atoms with Crippen molar-refractivity contribution in [1.29, 1.82) is 0 Å². The highest BCUT2D eigenvalue weighted by molar-refractivity contribution is 4.97.